The van der Waals surface area contributed by atoms with Gasteiger partial charge in [-0.2, -0.15) is 0 Å². The molecule has 1 aliphatic carbocycles. The second-order valence-corrected chi connectivity index (χ2v) is 7.00. The summed E-state index contributed by atoms with van der Waals surface area (Å²) in [6.07, 6.45) is 6.89. The van der Waals surface area contributed by atoms with Crippen LogP contribution in [0.2, 0.25) is 0 Å². The predicted molar refractivity (Wildman–Crippen MR) is 78.3 cm³/mol. The van der Waals surface area contributed by atoms with Gasteiger partial charge in [0.25, 0.3) is 0 Å². The summed E-state index contributed by atoms with van der Waals surface area (Å²) in [5, 5.41) is 3.05. The zero-order valence-electron chi connectivity index (χ0n) is 12.7. The van der Waals surface area contributed by atoms with Crippen LogP contribution in [0.1, 0.15) is 52.9 Å². The molecule has 0 spiro atoms. The molecule has 1 aliphatic heterocycles. The van der Waals surface area contributed by atoms with Crippen LogP contribution in [0.5, 0.6) is 0 Å². The molecule has 0 aromatic heterocycles. The number of carbonyl (C=O) groups is 1. The zero-order valence-corrected chi connectivity index (χ0v) is 12.7. The smallest absolute Gasteiger partial charge is 0.317 e. The SMILES string of the molecule is CC(C)(C)NC(=O)N1CCN(C2CCCCC2)CC1. The van der Waals surface area contributed by atoms with Gasteiger partial charge in [0.2, 0.25) is 0 Å². The standard InChI is InChI=1S/C15H29N3O/c1-15(2,3)16-14(19)18-11-9-17(10-12-18)13-7-5-4-6-8-13/h13H,4-12H2,1-3H3,(H,16,19). The van der Waals surface area contributed by atoms with E-state index in [1.54, 1.807) is 0 Å². The largest absolute Gasteiger partial charge is 0.333 e. The first kappa shape index (κ1) is 14.6. The summed E-state index contributed by atoms with van der Waals surface area (Å²) in [4.78, 5) is 16.7. The minimum absolute atomic E-state index is 0.0933. The molecule has 2 aliphatic rings. The van der Waals surface area contributed by atoms with Crippen LogP contribution in [0.4, 0.5) is 4.79 Å². The van der Waals surface area contributed by atoms with Crippen molar-refractivity contribution in [3.8, 4) is 0 Å². The second-order valence-electron chi connectivity index (χ2n) is 7.00. The van der Waals surface area contributed by atoms with Crippen LogP contribution in [0.15, 0.2) is 0 Å². The molecule has 0 aromatic carbocycles. The summed E-state index contributed by atoms with van der Waals surface area (Å²) < 4.78 is 0. The molecule has 4 heteroatoms. The minimum atomic E-state index is -0.141. The quantitative estimate of drug-likeness (QED) is 0.792. The Morgan fingerprint density at radius 1 is 1.00 bits per heavy atom. The Labute approximate surface area is 117 Å². The van der Waals surface area contributed by atoms with Gasteiger partial charge >= 0.3 is 6.03 Å². The molecule has 1 saturated heterocycles. The van der Waals surface area contributed by atoms with Crippen molar-refractivity contribution in [3.05, 3.63) is 0 Å². The number of rotatable bonds is 1. The highest BCUT2D eigenvalue weighted by molar-refractivity contribution is 5.75. The molecular weight excluding hydrogens is 238 g/mol. The number of nitrogens with one attached hydrogen (secondary N) is 1. The van der Waals surface area contributed by atoms with Gasteiger partial charge in [0, 0.05) is 37.8 Å². The fourth-order valence-corrected chi connectivity index (χ4v) is 3.14. The number of piperazine rings is 1. The average molecular weight is 267 g/mol. The highest BCUT2D eigenvalue weighted by Gasteiger charge is 2.28. The molecular formula is C15H29N3O. The Balaban J connectivity index is 1.77. The fourth-order valence-electron chi connectivity index (χ4n) is 3.14. The van der Waals surface area contributed by atoms with E-state index in [-0.39, 0.29) is 11.6 Å². The van der Waals surface area contributed by atoms with Crippen molar-refractivity contribution >= 4 is 6.03 Å². The fraction of sp³-hybridized carbons (Fsp3) is 0.933. The molecule has 0 aromatic rings. The Morgan fingerprint density at radius 2 is 1.58 bits per heavy atom. The topological polar surface area (TPSA) is 35.6 Å². The van der Waals surface area contributed by atoms with Gasteiger partial charge in [-0.15, -0.1) is 0 Å². The monoisotopic (exact) mass is 267 g/mol. The number of hydrogen-bond acceptors (Lipinski definition) is 2. The Morgan fingerprint density at radius 3 is 2.11 bits per heavy atom. The molecule has 0 bridgehead atoms. The summed E-state index contributed by atoms with van der Waals surface area (Å²) in [5.41, 5.74) is -0.141. The summed E-state index contributed by atoms with van der Waals surface area (Å²) in [7, 11) is 0. The van der Waals surface area contributed by atoms with Gasteiger partial charge in [-0.1, -0.05) is 19.3 Å². The lowest BCUT2D eigenvalue weighted by Crippen LogP contribution is -2.56. The van der Waals surface area contributed by atoms with E-state index in [1.807, 2.05) is 25.7 Å². The highest BCUT2D eigenvalue weighted by Crippen LogP contribution is 2.23. The third-order valence-electron chi connectivity index (χ3n) is 4.17. The van der Waals surface area contributed by atoms with Crippen molar-refractivity contribution < 1.29 is 4.79 Å². The highest BCUT2D eigenvalue weighted by atomic mass is 16.2. The minimum Gasteiger partial charge on any atom is -0.333 e. The molecule has 1 N–H and O–H groups in total. The van der Waals surface area contributed by atoms with Crippen LogP contribution in [-0.4, -0.2) is 53.6 Å². The zero-order chi connectivity index (χ0) is 13.9. The van der Waals surface area contributed by atoms with Crippen molar-refractivity contribution in [2.24, 2.45) is 0 Å². The maximum Gasteiger partial charge on any atom is 0.317 e. The van der Waals surface area contributed by atoms with Crippen molar-refractivity contribution in [2.75, 3.05) is 26.2 Å². The Bertz CT molecular complexity index is 297. The van der Waals surface area contributed by atoms with Crippen molar-refractivity contribution in [2.45, 2.75) is 64.5 Å². The van der Waals surface area contributed by atoms with E-state index in [9.17, 15) is 4.79 Å². The first-order chi connectivity index (χ1) is 8.96. The summed E-state index contributed by atoms with van der Waals surface area (Å²) >= 11 is 0. The van der Waals surface area contributed by atoms with E-state index in [0.29, 0.717) is 0 Å². The predicted octanol–water partition coefficient (Wildman–Crippen LogP) is 2.44. The van der Waals surface area contributed by atoms with Gasteiger partial charge < -0.3 is 10.2 Å². The second kappa shape index (κ2) is 6.12. The molecule has 1 saturated carbocycles. The van der Waals surface area contributed by atoms with Crippen LogP contribution in [-0.2, 0) is 0 Å². The maximum atomic E-state index is 12.1. The van der Waals surface area contributed by atoms with E-state index in [4.69, 9.17) is 0 Å². The van der Waals surface area contributed by atoms with Gasteiger partial charge in [0.1, 0.15) is 0 Å². The van der Waals surface area contributed by atoms with Gasteiger partial charge in [0.05, 0.1) is 0 Å². The van der Waals surface area contributed by atoms with Crippen molar-refractivity contribution in [3.63, 3.8) is 0 Å². The molecule has 0 radical (unpaired) electrons. The summed E-state index contributed by atoms with van der Waals surface area (Å²) in [5.74, 6) is 0. The number of carbonyl (C=O) groups excluding carboxylic acids is 1. The Kier molecular flexibility index (Phi) is 4.71. The first-order valence-corrected chi connectivity index (χ1v) is 7.77. The molecule has 1 heterocycles. The van der Waals surface area contributed by atoms with Gasteiger partial charge in [-0.25, -0.2) is 4.79 Å². The summed E-state index contributed by atoms with van der Waals surface area (Å²) in [6.45, 7) is 9.93. The lowest BCUT2D eigenvalue weighted by Gasteiger charge is -2.41. The molecule has 2 rings (SSSR count). The molecule has 0 atom stereocenters. The molecule has 110 valence electrons. The van der Waals surface area contributed by atoms with Crippen molar-refractivity contribution in [1.82, 2.24) is 15.1 Å². The third-order valence-corrected chi connectivity index (χ3v) is 4.17. The lowest BCUT2D eigenvalue weighted by molar-refractivity contribution is 0.0887. The molecule has 2 fully saturated rings. The van der Waals surface area contributed by atoms with Crippen LogP contribution in [0.25, 0.3) is 0 Å². The van der Waals surface area contributed by atoms with Crippen LogP contribution < -0.4 is 5.32 Å². The normalized spacial score (nSPS) is 23.4. The number of amides is 2. The van der Waals surface area contributed by atoms with E-state index < -0.39 is 0 Å². The average Bonchev–Trinajstić information content (AvgIpc) is 2.38. The maximum absolute atomic E-state index is 12.1. The van der Waals surface area contributed by atoms with Crippen LogP contribution >= 0.6 is 0 Å². The van der Waals surface area contributed by atoms with Gasteiger partial charge in [0.15, 0.2) is 0 Å². The summed E-state index contributed by atoms with van der Waals surface area (Å²) in [6, 6.07) is 0.873. The number of urea groups is 1. The third kappa shape index (κ3) is 4.37. The van der Waals surface area contributed by atoms with Crippen molar-refractivity contribution in [1.29, 1.82) is 0 Å². The molecule has 2 amide bonds. The first-order valence-electron chi connectivity index (χ1n) is 7.77. The molecule has 0 unspecified atom stereocenters. The Hall–Kier alpha value is -0.770. The van der Waals surface area contributed by atoms with E-state index in [0.717, 1.165) is 32.2 Å². The van der Waals surface area contributed by atoms with E-state index in [2.05, 4.69) is 10.2 Å². The molecule has 4 nitrogen and oxygen atoms in total. The van der Waals surface area contributed by atoms with Crippen LogP contribution in [0.3, 0.4) is 0 Å². The number of nitrogens with zero attached hydrogens (tertiary/aromatic N) is 2. The number of hydrogen-bond donors (Lipinski definition) is 1. The lowest BCUT2D eigenvalue weighted by atomic mass is 9.94. The van der Waals surface area contributed by atoms with E-state index >= 15 is 0 Å². The van der Waals surface area contributed by atoms with Gasteiger partial charge in [-0.3, -0.25) is 4.90 Å². The van der Waals surface area contributed by atoms with E-state index in [1.165, 1.54) is 32.1 Å². The molecule has 19 heavy (non-hydrogen) atoms. The van der Waals surface area contributed by atoms with Gasteiger partial charge in [-0.05, 0) is 33.6 Å². The van der Waals surface area contributed by atoms with Crippen LogP contribution in [0, 0.1) is 0 Å².